The van der Waals surface area contributed by atoms with Crippen molar-refractivity contribution in [3.8, 4) is 5.75 Å². The van der Waals surface area contributed by atoms with Gasteiger partial charge in [0.2, 0.25) is 0 Å². The Morgan fingerprint density at radius 2 is 2.17 bits per heavy atom. The number of benzene rings is 1. The summed E-state index contributed by atoms with van der Waals surface area (Å²) in [4.78, 5) is 14.6. The number of hydrogen-bond donors (Lipinski definition) is 2. The van der Waals surface area contributed by atoms with Crippen LogP contribution in [-0.2, 0) is 4.79 Å². The number of amides is 1. The van der Waals surface area contributed by atoms with Crippen LogP contribution in [0.3, 0.4) is 0 Å². The van der Waals surface area contributed by atoms with Gasteiger partial charge in [0.05, 0.1) is 25.5 Å². The van der Waals surface area contributed by atoms with Crippen LogP contribution in [0.15, 0.2) is 35.7 Å². The first-order valence-electron chi connectivity index (χ1n) is 7.46. The standard InChI is InChI=1S/C17H21ClN2O2S/c1-12-9-13(18)6-7-15(12)22-11-17(21)19-10-14(20(2)3)16-5-4-8-23-16/h4-9,14H,10-11H2,1-3H3,(H,19,21)/p+1/t14-/m0/s1. The summed E-state index contributed by atoms with van der Waals surface area (Å²) in [6, 6.07) is 9.73. The maximum atomic E-state index is 12.0. The fourth-order valence-corrected chi connectivity index (χ4v) is 3.45. The highest BCUT2D eigenvalue weighted by molar-refractivity contribution is 7.10. The van der Waals surface area contributed by atoms with Crippen molar-refractivity contribution in [1.29, 1.82) is 0 Å². The molecule has 2 N–H and O–H groups in total. The first-order valence-corrected chi connectivity index (χ1v) is 8.72. The third kappa shape index (κ3) is 5.23. The van der Waals surface area contributed by atoms with Gasteiger partial charge in [0.15, 0.2) is 6.61 Å². The Morgan fingerprint density at radius 3 is 2.78 bits per heavy atom. The van der Waals surface area contributed by atoms with E-state index in [1.165, 1.54) is 9.78 Å². The molecular formula is C17H22ClN2O2S+. The summed E-state index contributed by atoms with van der Waals surface area (Å²) in [7, 11) is 4.17. The Kier molecular flexibility index (Phi) is 6.45. The molecule has 0 radical (unpaired) electrons. The number of hydrogen-bond acceptors (Lipinski definition) is 3. The van der Waals surface area contributed by atoms with Crippen LogP contribution in [0.1, 0.15) is 16.5 Å². The number of rotatable bonds is 7. The van der Waals surface area contributed by atoms with Gasteiger partial charge in [-0.1, -0.05) is 17.7 Å². The molecule has 1 heterocycles. The number of nitrogens with one attached hydrogen (secondary N) is 2. The molecule has 1 amide bonds. The number of carbonyl (C=O) groups is 1. The molecule has 0 bridgehead atoms. The largest absolute Gasteiger partial charge is 0.484 e. The predicted octanol–water partition coefficient (Wildman–Crippen LogP) is 2.09. The number of carbonyl (C=O) groups excluding carboxylic acids is 1. The lowest BCUT2D eigenvalue weighted by atomic mass is 10.2. The van der Waals surface area contributed by atoms with E-state index in [4.69, 9.17) is 16.3 Å². The molecule has 1 aromatic carbocycles. The molecule has 0 aliphatic rings. The van der Waals surface area contributed by atoms with Gasteiger partial charge in [-0.25, -0.2) is 0 Å². The van der Waals surface area contributed by atoms with E-state index >= 15 is 0 Å². The minimum absolute atomic E-state index is 0.00238. The number of aryl methyl sites for hydroxylation is 1. The van der Waals surface area contributed by atoms with Gasteiger partial charge in [0.1, 0.15) is 11.8 Å². The molecule has 4 nitrogen and oxygen atoms in total. The topological polar surface area (TPSA) is 42.8 Å². The molecule has 0 saturated carbocycles. The van der Waals surface area contributed by atoms with E-state index < -0.39 is 0 Å². The molecule has 0 aliphatic carbocycles. The maximum Gasteiger partial charge on any atom is 0.258 e. The van der Waals surface area contributed by atoms with Crippen LogP contribution in [0.25, 0.3) is 0 Å². The van der Waals surface area contributed by atoms with Crippen molar-refractivity contribution in [3.05, 3.63) is 51.2 Å². The molecule has 0 spiro atoms. The summed E-state index contributed by atoms with van der Waals surface area (Å²) < 4.78 is 5.56. The summed E-state index contributed by atoms with van der Waals surface area (Å²) in [6.07, 6.45) is 0. The third-order valence-electron chi connectivity index (χ3n) is 3.58. The molecule has 2 rings (SSSR count). The molecule has 0 fully saturated rings. The van der Waals surface area contributed by atoms with Gasteiger partial charge >= 0.3 is 0 Å². The third-order valence-corrected chi connectivity index (χ3v) is 4.80. The molecule has 2 aromatic rings. The quantitative estimate of drug-likeness (QED) is 0.800. The fraction of sp³-hybridized carbons (Fsp3) is 0.353. The summed E-state index contributed by atoms with van der Waals surface area (Å²) in [5.41, 5.74) is 0.916. The van der Waals surface area contributed by atoms with Crippen LogP contribution in [0, 0.1) is 6.92 Å². The number of likely N-dealkylation sites (N-methyl/N-ethyl adjacent to an activating group) is 1. The molecular weight excluding hydrogens is 332 g/mol. The lowest BCUT2D eigenvalue weighted by Gasteiger charge is -2.20. The average molecular weight is 354 g/mol. The van der Waals surface area contributed by atoms with E-state index in [0.29, 0.717) is 17.3 Å². The first-order chi connectivity index (χ1) is 11.0. The Bertz CT molecular complexity index is 644. The molecule has 0 saturated heterocycles. The second-order valence-corrected chi connectivity index (χ2v) is 7.06. The van der Waals surface area contributed by atoms with Gasteiger partial charge < -0.3 is 15.0 Å². The van der Waals surface area contributed by atoms with Crippen LogP contribution in [0.4, 0.5) is 0 Å². The summed E-state index contributed by atoms with van der Waals surface area (Å²) >= 11 is 7.62. The SMILES string of the molecule is Cc1cc(Cl)ccc1OCC(=O)NC[C@@H](c1cccs1)[NH+](C)C. The Morgan fingerprint density at radius 1 is 1.39 bits per heavy atom. The Hall–Kier alpha value is -1.56. The van der Waals surface area contributed by atoms with E-state index in [2.05, 4.69) is 30.9 Å². The maximum absolute atomic E-state index is 12.0. The van der Waals surface area contributed by atoms with E-state index in [-0.39, 0.29) is 18.6 Å². The van der Waals surface area contributed by atoms with Crippen LogP contribution in [-0.4, -0.2) is 33.2 Å². The summed E-state index contributed by atoms with van der Waals surface area (Å²) in [5.74, 6) is 0.555. The predicted molar refractivity (Wildman–Crippen MR) is 94.6 cm³/mol. The van der Waals surface area contributed by atoms with E-state index in [1.807, 2.05) is 19.1 Å². The lowest BCUT2D eigenvalue weighted by Crippen LogP contribution is -3.06. The van der Waals surface area contributed by atoms with Gasteiger partial charge in [-0.2, -0.15) is 0 Å². The number of ether oxygens (including phenoxy) is 1. The molecule has 0 aliphatic heterocycles. The van der Waals surface area contributed by atoms with Crippen molar-refractivity contribution in [1.82, 2.24) is 5.32 Å². The zero-order valence-corrected chi connectivity index (χ0v) is 15.1. The van der Waals surface area contributed by atoms with E-state index in [0.717, 1.165) is 5.56 Å². The zero-order valence-electron chi connectivity index (χ0n) is 13.6. The van der Waals surface area contributed by atoms with Crippen LogP contribution in [0.5, 0.6) is 5.75 Å². The molecule has 1 atom stereocenters. The van der Waals surface area contributed by atoms with Gasteiger partial charge in [0, 0.05) is 5.02 Å². The van der Waals surface area contributed by atoms with Crippen LogP contribution < -0.4 is 15.0 Å². The van der Waals surface area contributed by atoms with Crippen molar-refractivity contribution in [2.45, 2.75) is 13.0 Å². The highest BCUT2D eigenvalue weighted by Crippen LogP contribution is 2.21. The van der Waals surface area contributed by atoms with Gasteiger partial charge in [-0.3, -0.25) is 4.79 Å². The van der Waals surface area contributed by atoms with Gasteiger partial charge in [-0.15, -0.1) is 11.3 Å². The molecule has 124 valence electrons. The smallest absolute Gasteiger partial charge is 0.258 e. The van der Waals surface area contributed by atoms with E-state index in [1.54, 1.807) is 23.5 Å². The van der Waals surface area contributed by atoms with Crippen molar-refractivity contribution in [2.24, 2.45) is 0 Å². The van der Waals surface area contributed by atoms with Crippen molar-refractivity contribution < 1.29 is 14.4 Å². The van der Waals surface area contributed by atoms with E-state index in [9.17, 15) is 4.79 Å². The number of thiophene rings is 1. The Labute approximate surface area is 146 Å². The zero-order chi connectivity index (χ0) is 16.8. The molecule has 0 unspecified atom stereocenters. The van der Waals surface area contributed by atoms with Gasteiger partial charge in [0.25, 0.3) is 5.91 Å². The number of quaternary nitrogens is 1. The van der Waals surface area contributed by atoms with Gasteiger partial charge in [-0.05, 0) is 42.1 Å². The van der Waals surface area contributed by atoms with Crippen molar-refractivity contribution in [3.63, 3.8) is 0 Å². The highest BCUT2D eigenvalue weighted by Gasteiger charge is 2.19. The molecule has 6 heteroatoms. The second kappa shape index (κ2) is 8.34. The highest BCUT2D eigenvalue weighted by atomic mass is 35.5. The fourth-order valence-electron chi connectivity index (χ4n) is 2.26. The summed E-state index contributed by atoms with van der Waals surface area (Å²) in [5, 5.41) is 5.66. The molecule has 23 heavy (non-hydrogen) atoms. The first kappa shape index (κ1) is 17.8. The number of halogens is 1. The minimum Gasteiger partial charge on any atom is -0.484 e. The monoisotopic (exact) mass is 353 g/mol. The molecule has 1 aromatic heterocycles. The van der Waals surface area contributed by atoms with Crippen LogP contribution in [0.2, 0.25) is 5.02 Å². The average Bonchev–Trinajstić information content (AvgIpc) is 3.00. The lowest BCUT2D eigenvalue weighted by molar-refractivity contribution is -0.890. The minimum atomic E-state index is -0.123. The second-order valence-electron chi connectivity index (χ2n) is 5.65. The van der Waals surface area contributed by atoms with Crippen molar-refractivity contribution >= 4 is 28.8 Å². The summed E-state index contributed by atoms with van der Waals surface area (Å²) in [6.45, 7) is 2.49. The normalized spacial score (nSPS) is 12.2. The van der Waals surface area contributed by atoms with Crippen molar-refractivity contribution in [2.75, 3.05) is 27.2 Å². The Balaban J connectivity index is 1.84. The van der Waals surface area contributed by atoms with Crippen LogP contribution >= 0.6 is 22.9 Å².